The van der Waals surface area contributed by atoms with Gasteiger partial charge in [0, 0.05) is 56.9 Å². The van der Waals surface area contributed by atoms with E-state index in [0.717, 1.165) is 19.3 Å². The Labute approximate surface area is 201 Å². The molecule has 0 unspecified atom stereocenters. The topological polar surface area (TPSA) is 90.4 Å². The van der Waals surface area contributed by atoms with Crippen LogP contribution in [0.3, 0.4) is 0 Å². The van der Waals surface area contributed by atoms with Crippen LogP contribution in [0, 0.1) is 0 Å². The number of rotatable bonds is 9. The largest absolute Gasteiger partial charge is 0.491 e. The summed E-state index contributed by atoms with van der Waals surface area (Å²) in [7, 11) is -3.38. The number of ketones is 1. The predicted molar refractivity (Wildman–Crippen MR) is 130 cm³/mol. The molecule has 9 heteroatoms. The maximum atomic E-state index is 12.8. The van der Waals surface area contributed by atoms with Gasteiger partial charge in [0.25, 0.3) is 10.2 Å². The first-order valence-corrected chi connectivity index (χ1v) is 13.3. The molecule has 0 spiro atoms. The highest BCUT2D eigenvalue weighted by molar-refractivity contribution is 7.86. The monoisotopic (exact) mass is 487 g/mol. The first-order valence-electron chi connectivity index (χ1n) is 11.9. The minimum Gasteiger partial charge on any atom is -0.491 e. The van der Waals surface area contributed by atoms with Gasteiger partial charge < -0.3 is 9.84 Å². The molecule has 2 aromatic rings. The molecule has 34 heavy (non-hydrogen) atoms. The summed E-state index contributed by atoms with van der Waals surface area (Å²) in [6.07, 6.45) is 2.25. The maximum Gasteiger partial charge on any atom is 0.282 e. The number of hydrogen-bond acceptors (Lipinski definition) is 6. The van der Waals surface area contributed by atoms with Crippen molar-refractivity contribution in [3.63, 3.8) is 0 Å². The standard InChI is InChI=1S/C25H33N3O5S/c29-23(19-26-15-17-28(18-16-26)34(31,32)27-13-5-2-6-14-27)20-33-24-11-9-22(10-12-24)25(30)21-7-3-1-4-8-21/h1,3-4,7-12,23,29H,2,5-6,13-20H2/t23-/m0/s1. The maximum absolute atomic E-state index is 12.8. The Balaban J connectivity index is 1.20. The van der Waals surface area contributed by atoms with Crippen molar-refractivity contribution in [2.75, 3.05) is 52.4 Å². The zero-order valence-electron chi connectivity index (χ0n) is 19.4. The van der Waals surface area contributed by atoms with Gasteiger partial charge in [-0.1, -0.05) is 36.8 Å². The second-order valence-corrected chi connectivity index (χ2v) is 10.8. The number of β-amino-alcohol motifs (C(OH)–C–C–N with tert-alkyl or cyclic N) is 1. The summed E-state index contributed by atoms with van der Waals surface area (Å²) in [4.78, 5) is 14.6. The van der Waals surface area contributed by atoms with Crippen LogP contribution >= 0.6 is 0 Å². The predicted octanol–water partition coefficient (Wildman–Crippen LogP) is 2.01. The van der Waals surface area contributed by atoms with E-state index in [-0.39, 0.29) is 12.4 Å². The smallest absolute Gasteiger partial charge is 0.282 e. The number of carbonyl (C=O) groups is 1. The normalized spacial score (nSPS) is 19.6. The van der Waals surface area contributed by atoms with Gasteiger partial charge in [0.05, 0.1) is 0 Å². The van der Waals surface area contributed by atoms with Crippen LogP contribution < -0.4 is 4.74 Å². The third-order valence-electron chi connectivity index (χ3n) is 6.36. The lowest BCUT2D eigenvalue weighted by atomic mass is 10.0. The minimum atomic E-state index is -3.38. The molecule has 2 aliphatic heterocycles. The molecule has 0 amide bonds. The lowest BCUT2D eigenvalue weighted by Crippen LogP contribution is -2.54. The van der Waals surface area contributed by atoms with Gasteiger partial charge in [0.2, 0.25) is 0 Å². The number of piperidine rings is 1. The Morgan fingerprint density at radius 1 is 0.824 bits per heavy atom. The average Bonchev–Trinajstić information content (AvgIpc) is 2.89. The van der Waals surface area contributed by atoms with Crippen molar-refractivity contribution in [3.8, 4) is 5.75 Å². The van der Waals surface area contributed by atoms with Gasteiger partial charge in [-0.25, -0.2) is 0 Å². The number of benzene rings is 2. The van der Waals surface area contributed by atoms with Crippen LogP contribution in [-0.4, -0.2) is 91.3 Å². The van der Waals surface area contributed by atoms with Crippen LogP contribution in [0.15, 0.2) is 54.6 Å². The van der Waals surface area contributed by atoms with Crippen LogP contribution in [0.25, 0.3) is 0 Å². The first kappa shape index (κ1) is 24.8. The van der Waals surface area contributed by atoms with E-state index < -0.39 is 16.3 Å². The highest BCUT2D eigenvalue weighted by Gasteiger charge is 2.33. The lowest BCUT2D eigenvalue weighted by Gasteiger charge is -2.38. The number of ether oxygens (including phenoxy) is 1. The second kappa shape index (κ2) is 11.4. The van der Waals surface area contributed by atoms with Crippen LogP contribution in [0.5, 0.6) is 5.75 Å². The van der Waals surface area contributed by atoms with Gasteiger partial charge in [0.15, 0.2) is 5.78 Å². The Hall–Kier alpha value is -2.30. The number of carbonyl (C=O) groups excluding carboxylic acids is 1. The zero-order valence-corrected chi connectivity index (χ0v) is 20.2. The fourth-order valence-electron chi connectivity index (χ4n) is 4.40. The molecule has 8 nitrogen and oxygen atoms in total. The van der Waals surface area contributed by atoms with E-state index in [1.807, 2.05) is 18.2 Å². The Kier molecular flexibility index (Phi) is 8.33. The van der Waals surface area contributed by atoms with Gasteiger partial charge in [0.1, 0.15) is 18.5 Å². The summed E-state index contributed by atoms with van der Waals surface area (Å²) in [5, 5.41) is 10.4. The molecule has 1 atom stereocenters. The van der Waals surface area contributed by atoms with Crippen molar-refractivity contribution in [1.29, 1.82) is 0 Å². The molecule has 2 saturated heterocycles. The Bertz CT molecular complexity index is 1030. The molecule has 0 radical (unpaired) electrons. The van der Waals surface area contributed by atoms with Crippen LogP contribution in [-0.2, 0) is 10.2 Å². The van der Waals surface area contributed by atoms with Crippen LogP contribution in [0.4, 0.5) is 0 Å². The molecular formula is C25H33N3O5S. The minimum absolute atomic E-state index is 0.0476. The van der Waals surface area contributed by atoms with Crippen LogP contribution in [0.1, 0.15) is 35.2 Å². The molecule has 2 heterocycles. The van der Waals surface area contributed by atoms with E-state index in [2.05, 4.69) is 4.90 Å². The van der Waals surface area contributed by atoms with Gasteiger partial charge in [-0.05, 0) is 37.1 Å². The van der Waals surface area contributed by atoms with E-state index in [0.29, 0.717) is 62.7 Å². The van der Waals surface area contributed by atoms with Crippen molar-refractivity contribution in [1.82, 2.24) is 13.5 Å². The van der Waals surface area contributed by atoms with Gasteiger partial charge in [-0.15, -0.1) is 0 Å². The number of aliphatic hydroxyl groups is 1. The van der Waals surface area contributed by atoms with Crippen molar-refractivity contribution < 1.29 is 23.1 Å². The molecule has 0 bridgehead atoms. The Morgan fingerprint density at radius 2 is 1.41 bits per heavy atom. The van der Waals surface area contributed by atoms with E-state index in [1.54, 1.807) is 45.0 Å². The third kappa shape index (κ3) is 6.22. The van der Waals surface area contributed by atoms with Crippen LogP contribution in [0.2, 0.25) is 0 Å². The molecule has 2 fully saturated rings. The highest BCUT2D eigenvalue weighted by atomic mass is 32.2. The average molecular weight is 488 g/mol. The molecule has 0 saturated carbocycles. The lowest BCUT2D eigenvalue weighted by molar-refractivity contribution is 0.0561. The quantitative estimate of drug-likeness (QED) is 0.544. The summed E-state index contributed by atoms with van der Waals surface area (Å²) in [5.41, 5.74) is 1.21. The summed E-state index contributed by atoms with van der Waals surface area (Å²) in [6.45, 7) is 3.80. The van der Waals surface area contributed by atoms with E-state index in [1.165, 1.54) is 0 Å². The van der Waals surface area contributed by atoms with Gasteiger partial charge >= 0.3 is 0 Å². The van der Waals surface area contributed by atoms with Gasteiger partial charge in [-0.2, -0.15) is 17.0 Å². The number of aliphatic hydroxyl groups excluding tert-OH is 1. The van der Waals surface area contributed by atoms with Crippen molar-refractivity contribution >= 4 is 16.0 Å². The van der Waals surface area contributed by atoms with Crippen molar-refractivity contribution in [2.24, 2.45) is 0 Å². The SMILES string of the molecule is O=C(c1ccccc1)c1ccc(OC[C@@H](O)CN2CCN(S(=O)(=O)N3CCCCC3)CC2)cc1. The highest BCUT2D eigenvalue weighted by Crippen LogP contribution is 2.19. The first-order chi connectivity index (χ1) is 16.4. The van der Waals surface area contributed by atoms with Crippen molar-refractivity contribution in [3.05, 3.63) is 65.7 Å². The fraction of sp³-hybridized carbons (Fsp3) is 0.480. The summed E-state index contributed by atoms with van der Waals surface area (Å²) in [5.74, 6) is 0.537. The van der Waals surface area contributed by atoms with Gasteiger partial charge in [-0.3, -0.25) is 9.69 Å². The summed E-state index contributed by atoms with van der Waals surface area (Å²) < 4.78 is 34.5. The number of piperazine rings is 1. The molecule has 2 aliphatic rings. The third-order valence-corrected chi connectivity index (χ3v) is 8.40. The van der Waals surface area contributed by atoms with Crippen molar-refractivity contribution in [2.45, 2.75) is 25.4 Å². The molecule has 0 aliphatic carbocycles. The summed E-state index contributed by atoms with van der Waals surface area (Å²) in [6, 6.07) is 16.0. The molecule has 4 rings (SSSR count). The molecule has 1 N–H and O–H groups in total. The number of hydrogen-bond donors (Lipinski definition) is 1. The molecule has 0 aromatic heterocycles. The number of nitrogens with zero attached hydrogens (tertiary/aromatic N) is 3. The molecule has 2 aromatic carbocycles. The fourth-order valence-corrected chi connectivity index (χ4v) is 6.07. The molecule has 184 valence electrons. The van der Waals surface area contributed by atoms with E-state index >= 15 is 0 Å². The summed E-state index contributed by atoms with van der Waals surface area (Å²) >= 11 is 0. The van der Waals surface area contributed by atoms with E-state index in [9.17, 15) is 18.3 Å². The zero-order chi connectivity index (χ0) is 24.0. The second-order valence-electron chi connectivity index (χ2n) is 8.85. The van der Waals surface area contributed by atoms with E-state index in [4.69, 9.17) is 4.74 Å². The molecular weight excluding hydrogens is 454 g/mol. The Morgan fingerprint density at radius 3 is 2.06 bits per heavy atom.